The molecule has 0 radical (unpaired) electrons. The lowest BCUT2D eigenvalue weighted by atomic mass is 10.1. The Morgan fingerprint density at radius 2 is 2.00 bits per heavy atom. The van der Waals surface area contributed by atoms with Crippen LogP contribution in [-0.2, 0) is 12.6 Å². The summed E-state index contributed by atoms with van der Waals surface area (Å²) in [6.07, 6.45) is -3.72. The van der Waals surface area contributed by atoms with Crippen molar-refractivity contribution in [1.29, 1.82) is 0 Å². The number of benzene rings is 1. The number of aromatic nitrogens is 2. The Bertz CT molecular complexity index is 647. The summed E-state index contributed by atoms with van der Waals surface area (Å²) in [5, 5.41) is 0. The number of nitrogens with zero attached hydrogens (tertiary/aromatic N) is 1. The monoisotopic (exact) mass is 284 g/mol. The van der Waals surface area contributed by atoms with Crippen LogP contribution in [0, 0.1) is 4.64 Å². The number of aromatic amines is 1. The maximum Gasteiger partial charge on any atom is 0.449 e. The summed E-state index contributed by atoms with van der Waals surface area (Å²) in [4.78, 5) is 5.60. The van der Waals surface area contributed by atoms with Gasteiger partial charge in [0.05, 0.1) is 0 Å². The van der Waals surface area contributed by atoms with Gasteiger partial charge in [0.2, 0.25) is 5.82 Å². The van der Waals surface area contributed by atoms with E-state index in [4.69, 9.17) is 12.2 Å². The Labute approximate surface area is 113 Å². The van der Waals surface area contributed by atoms with Crippen LogP contribution in [0.15, 0.2) is 30.3 Å². The molecule has 0 aliphatic heterocycles. The fourth-order valence-corrected chi connectivity index (χ4v) is 1.92. The van der Waals surface area contributed by atoms with Crippen LogP contribution in [0.25, 0.3) is 11.3 Å². The van der Waals surface area contributed by atoms with Gasteiger partial charge in [-0.25, -0.2) is 4.98 Å². The Hall–Kier alpha value is -1.69. The number of alkyl halides is 3. The minimum absolute atomic E-state index is 0.0806. The van der Waals surface area contributed by atoms with Gasteiger partial charge in [0, 0.05) is 5.69 Å². The second-order valence-corrected chi connectivity index (χ2v) is 4.45. The number of rotatable bonds is 2. The van der Waals surface area contributed by atoms with Crippen LogP contribution < -0.4 is 0 Å². The maximum absolute atomic E-state index is 12.7. The smallest absolute Gasteiger partial charge is 0.336 e. The van der Waals surface area contributed by atoms with Gasteiger partial charge in [-0.1, -0.05) is 37.3 Å². The second-order valence-electron chi connectivity index (χ2n) is 4.03. The fourth-order valence-electron chi connectivity index (χ4n) is 1.71. The van der Waals surface area contributed by atoms with E-state index in [2.05, 4.69) is 9.97 Å². The van der Waals surface area contributed by atoms with Gasteiger partial charge >= 0.3 is 6.18 Å². The average molecular weight is 284 g/mol. The SMILES string of the molecule is CCc1cccc(-c2cc(=S)nc(C(F)(F)F)[nH]2)c1. The van der Waals surface area contributed by atoms with Gasteiger partial charge in [-0.3, -0.25) is 0 Å². The van der Waals surface area contributed by atoms with Gasteiger partial charge in [0.1, 0.15) is 4.64 Å². The van der Waals surface area contributed by atoms with E-state index in [1.165, 1.54) is 6.07 Å². The lowest BCUT2D eigenvalue weighted by molar-refractivity contribution is -0.144. The molecule has 2 rings (SSSR count). The molecule has 0 bridgehead atoms. The molecular weight excluding hydrogens is 273 g/mol. The van der Waals surface area contributed by atoms with Gasteiger partial charge in [-0.2, -0.15) is 13.2 Å². The van der Waals surface area contributed by atoms with Crippen molar-refractivity contribution in [2.45, 2.75) is 19.5 Å². The number of halogens is 3. The van der Waals surface area contributed by atoms with Crippen molar-refractivity contribution in [3.63, 3.8) is 0 Å². The Morgan fingerprint density at radius 3 is 2.63 bits per heavy atom. The van der Waals surface area contributed by atoms with Crippen LogP contribution in [0.2, 0.25) is 0 Å². The first kappa shape index (κ1) is 13.7. The number of nitrogens with one attached hydrogen (secondary N) is 1. The van der Waals surface area contributed by atoms with Gasteiger partial charge < -0.3 is 4.98 Å². The molecule has 0 aliphatic rings. The molecule has 1 heterocycles. The normalized spacial score (nSPS) is 11.6. The first-order valence-electron chi connectivity index (χ1n) is 5.68. The molecular formula is C13H11F3N2S. The molecule has 1 N–H and O–H groups in total. The number of hydrogen-bond donors (Lipinski definition) is 1. The molecule has 2 nitrogen and oxygen atoms in total. The maximum atomic E-state index is 12.7. The minimum Gasteiger partial charge on any atom is -0.336 e. The summed E-state index contributed by atoms with van der Waals surface area (Å²) in [5.74, 6) is -1.07. The van der Waals surface area contributed by atoms with Crippen LogP contribution in [0.4, 0.5) is 13.2 Å². The summed E-state index contributed by atoms with van der Waals surface area (Å²) < 4.78 is 37.9. The van der Waals surface area contributed by atoms with Crippen molar-refractivity contribution in [3.8, 4) is 11.3 Å². The molecule has 0 saturated heterocycles. The zero-order valence-corrected chi connectivity index (χ0v) is 10.9. The molecule has 1 aromatic heterocycles. The van der Waals surface area contributed by atoms with E-state index < -0.39 is 12.0 Å². The molecule has 0 aliphatic carbocycles. The first-order valence-corrected chi connectivity index (χ1v) is 6.09. The fraction of sp³-hybridized carbons (Fsp3) is 0.231. The summed E-state index contributed by atoms with van der Waals surface area (Å²) in [7, 11) is 0. The van der Waals surface area contributed by atoms with Crippen molar-refractivity contribution < 1.29 is 13.2 Å². The predicted octanol–water partition coefficient (Wildman–Crippen LogP) is 4.39. The number of H-pyrrole nitrogens is 1. The summed E-state index contributed by atoms with van der Waals surface area (Å²) >= 11 is 4.79. The van der Waals surface area contributed by atoms with E-state index in [0.717, 1.165) is 12.0 Å². The van der Waals surface area contributed by atoms with E-state index in [1.807, 2.05) is 19.1 Å². The van der Waals surface area contributed by atoms with E-state index in [9.17, 15) is 13.2 Å². The third-order valence-corrected chi connectivity index (χ3v) is 2.87. The van der Waals surface area contributed by atoms with Crippen molar-refractivity contribution in [2.24, 2.45) is 0 Å². The number of hydrogen-bond acceptors (Lipinski definition) is 2. The Morgan fingerprint density at radius 1 is 1.26 bits per heavy atom. The van der Waals surface area contributed by atoms with Gasteiger partial charge in [-0.15, -0.1) is 0 Å². The van der Waals surface area contributed by atoms with Crippen LogP contribution >= 0.6 is 12.2 Å². The highest BCUT2D eigenvalue weighted by Crippen LogP contribution is 2.28. The van der Waals surface area contributed by atoms with Gasteiger partial charge in [0.25, 0.3) is 0 Å². The zero-order valence-electron chi connectivity index (χ0n) is 10.1. The van der Waals surface area contributed by atoms with E-state index in [1.54, 1.807) is 12.1 Å². The average Bonchev–Trinajstić information content (AvgIpc) is 2.37. The molecule has 6 heteroatoms. The van der Waals surface area contributed by atoms with Crippen LogP contribution in [0.5, 0.6) is 0 Å². The molecule has 100 valence electrons. The molecule has 1 aromatic carbocycles. The molecule has 0 amide bonds. The molecule has 0 saturated carbocycles. The molecule has 0 spiro atoms. The van der Waals surface area contributed by atoms with Gasteiger partial charge in [0.15, 0.2) is 0 Å². The lowest BCUT2D eigenvalue weighted by Gasteiger charge is -2.09. The molecule has 19 heavy (non-hydrogen) atoms. The Kier molecular flexibility index (Phi) is 3.71. The highest BCUT2D eigenvalue weighted by atomic mass is 32.1. The van der Waals surface area contributed by atoms with Crippen LogP contribution in [0.3, 0.4) is 0 Å². The summed E-state index contributed by atoms with van der Waals surface area (Å²) in [6, 6.07) is 8.72. The van der Waals surface area contributed by atoms with Crippen molar-refractivity contribution in [2.75, 3.05) is 0 Å². The third kappa shape index (κ3) is 3.20. The zero-order chi connectivity index (χ0) is 14.0. The van der Waals surface area contributed by atoms with Gasteiger partial charge in [-0.05, 0) is 29.7 Å². The molecule has 0 atom stereocenters. The standard InChI is InChI=1S/C13H11F3N2S/c1-2-8-4-3-5-9(6-8)10-7-11(19)18-12(17-10)13(14,15)16/h3-7H,2H2,1H3,(H,17,18,19). The summed E-state index contributed by atoms with van der Waals surface area (Å²) in [5.41, 5.74) is 2.03. The van der Waals surface area contributed by atoms with Crippen LogP contribution in [0.1, 0.15) is 18.3 Å². The van der Waals surface area contributed by atoms with Crippen molar-refractivity contribution in [1.82, 2.24) is 9.97 Å². The predicted molar refractivity (Wildman–Crippen MR) is 69.2 cm³/mol. The van der Waals surface area contributed by atoms with E-state index >= 15 is 0 Å². The van der Waals surface area contributed by atoms with Crippen LogP contribution in [-0.4, -0.2) is 9.97 Å². The molecule has 0 unspecified atom stereocenters. The highest BCUT2D eigenvalue weighted by Gasteiger charge is 2.34. The Balaban J connectivity index is 2.56. The van der Waals surface area contributed by atoms with E-state index in [0.29, 0.717) is 11.3 Å². The first-order chi connectivity index (χ1) is 8.90. The number of aryl methyl sites for hydroxylation is 1. The topological polar surface area (TPSA) is 28.7 Å². The van der Waals surface area contributed by atoms with E-state index in [-0.39, 0.29) is 4.64 Å². The third-order valence-electron chi connectivity index (χ3n) is 2.66. The highest BCUT2D eigenvalue weighted by molar-refractivity contribution is 7.71. The minimum atomic E-state index is -4.54. The largest absolute Gasteiger partial charge is 0.449 e. The lowest BCUT2D eigenvalue weighted by Crippen LogP contribution is -2.11. The quantitative estimate of drug-likeness (QED) is 0.829. The summed E-state index contributed by atoms with van der Waals surface area (Å²) in [6.45, 7) is 1.98. The second kappa shape index (κ2) is 5.13. The van der Waals surface area contributed by atoms with Crippen molar-refractivity contribution >= 4 is 12.2 Å². The molecule has 2 aromatic rings. The molecule has 0 fully saturated rings. The van der Waals surface area contributed by atoms with Crippen molar-refractivity contribution in [3.05, 3.63) is 46.4 Å².